The maximum Gasteiger partial charge on any atom is 0.306 e. The summed E-state index contributed by atoms with van der Waals surface area (Å²) >= 11 is 0. The van der Waals surface area contributed by atoms with Crippen molar-refractivity contribution < 1.29 is 28.6 Å². The Bertz CT molecular complexity index is 1710. The minimum atomic E-state index is -0.859. The third-order valence-corrected chi connectivity index (χ3v) is 12.0. The van der Waals surface area contributed by atoms with Crippen molar-refractivity contribution in [2.45, 2.75) is 245 Å². The molecule has 0 aliphatic carbocycles. The molecule has 0 saturated carbocycles. The summed E-state index contributed by atoms with van der Waals surface area (Å²) in [5, 5.41) is 0. The molecule has 6 heteroatoms. The second-order valence-corrected chi connectivity index (χ2v) is 19.1. The van der Waals surface area contributed by atoms with Crippen LogP contribution < -0.4 is 0 Å². The number of carbonyl (C=O) groups excluding carboxylic acids is 3. The van der Waals surface area contributed by atoms with Crippen LogP contribution in [-0.4, -0.2) is 37.2 Å². The van der Waals surface area contributed by atoms with Gasteiger partial charge in [0.2, 0.25) is 0 Å². The van der Waals surface area contributed by atoms with Crippen molar-refractivity contribution in [1.82, 2.24) is 0 Å². The Morgan fingerprint density at radius 1 is 0.280 bits per heavy atom. The summed E-state index contributed by atoms with van der Waals surface area (Å²) in [6.45, 7) is 6.27. The summed E-state index contributed by atoms with van der Waals surface area (Å²) in [4.78, 5) is 38.2. The number of hydrogen-bond acceptors (Lipinski definition) is 6. The summed E-state index contributed by atoms with van der Waals surface area (Å²) in [6, 6.07) is 0. The van der Waals surface area contributed by atoms with Crippen LogP contribution in [0.15, 0.2) is 158 Å². The standard InChI is InChI=1S/C69H108O6/c1-4-7-10-13-16-19-22-25-28-31-34-37-40-43-46-49-52-55-58-61-67(70)73-64-66(75-69(72)63-60-57-54-51-48-45-42-39-36-33-30-27-24-21-18-15-12-9-6-3)65-74-68(71)62-59-56-53-50-47-44-41-38-35-32-29-26-23-20-17-14-11-8-5-2/h7,9-10,12,16,18-19,21,25-30,34,36-37,39,43,45-46,48,52,54-55,57,66H,4-6,8,11,13-15,17,20,22-24,31-33,35,38,40-42,44,47,49-51,53,56,58-65H2,1-3H3/b10-7-,12-9-,19-16-,21-18-,28-25-,29-26-,30-27-,37-34-,39-36-,46-43-,48-45-,55-52-,57-54-/t66-/m0/s1. The second-order valence-electron chi connectivity index (χ2n) is 19.1. The van der Waals surface area contributed by atoms with Gasteiger partial charge in [0, 0.05) is 19.3 Å². The number of carbonyl (C=O) groups is 3. The van der Waals surface area contributed by atoms with Gasteiger partial charge < -0.3 is 14.2 Å². The van der Waals surface area contributed by atoms with Gasteiger partial charge in [-0.05, 0) is 122 Å². The van der Waals surface area contributed by atoms with Crippen molar-refractivity contribution in [2.24, 2.45) is 0 Å². The molecule has 0 heterocycles. The first-order valence-corrected chi connectivity index (χ1v) is 30.0. The molecule has 0 fully saturated rings. The van der Waals surface area contributed by atoms with Crippen LogP contribution in [0.1, 0.15) is 239 Å². The Morgan fingerprint density at radius 2 is 0.547 bits per heavy atom. The van der Waals surface area contributed by atoms with E-state index in [0.717, 1.165) is 96.3 Å². The van der Waals surface area contributed by atoms with Crippen LogP contribution in [0.3, 0.4) is 0 Å². The van der Waals surface area contributed by atoms with Crippen molar-refractivity contribution in [2.75, 3.05) is 13.2 Å². The molecule has 0 amide bonds. The molecule has 0 N–H and O–H groups in total. The Morgan fingerprint density at radius 3 is 0.893 bits per heavy atom. The molecule has 0 aromatic carbocycles. The highest BCUT2D eigenvalue weighted by Crippen LogP contribution is 2.14. The van der Waals surface area contributed by atoms with Crippen LogP contribution in [0.2, 0.25) is 0 Å². The molecule has 0 aliphatic rings. The molecule has 6 nitrogen and oxygen atoms in total. The average molecular weight is 1030 g/mol. The van der Waals surface area contributed by atoms with Gasteiger partial charge in [-0.15, -0.1) is 0 Å². The van der Waals surface area contributed by atoms with Crippen molar-refractivity contribution in [1.29, 1.82) is 0 Å². The van der Waals surface area contributed by atoms with Gasteiger partial charge in [0.05, 0.1) is 0 Å². The number of allylic oxidation sites excluding steroid dienone is 26. The van der Waals surface area contributed by atoms with Crippen molar-refractivity contribution in [3.8, 4) is 0 Å². The highest BCUT2D eigenvalue weighted by Gasteiger charge is 2.19. The molecule has 75 heavy (non-hydrogen) atoms. The van der Waals surface area contributed by atoms with Gasteiger partial charge in [-0.25, -0.2) is 0 Å². The van der Waals surface area contributed by atoms with Crippen LogP contribution in [0.5, 0.6) is 0 Å². The predicted molar refractivity (Wildman–Crippen MR) is 325 cm³/mol. The lowest BCUT2D eigenvalue weighted by atomic mass is 10.1. The van der Waals surface area contributed by atoms with Crippen LogP contribution in [0.25, 0.3) is 0 Å². The lowest BCUT2D eigenvalue weighted by molar-refractivity contribution is -0.166. The third-order valence-electron chi connectivity index (χ3n) is 12.0. The fraction of sp³-hybridized carbons (Fsp3) is 0.580. The van der Waals surface area contributed by atoms with E-state index in [-0.39, 0.29) is 38.0 Å². The summed E-state index contributed by atoms with van der Waals surface area (Å²) in [6.07, 6.45) is 89.7. The number of rotatable bonds is 52. The lowest BCUT2D eigenvalue weighted by Crippen LogP contribution is -2.30. The Labute approximate surface area is 460 Å². The first-order chi connectivity index (χ1) is 37.0. The summed E-state index contributed by atoms with van der Waals surface area (Å²) < 4.78 is 16.7. The lowest BCUT2D eigenvalue weighted by Gasteiger charge is -2.18. The second kappa shape index (κ2) is 61.6. The molecule has 0 saturated heterocycles. The van der Waals surface area contributed by atoms with Crippen LogP contribution in [0, 0.1) is 0 Å². The monoisotopic (exact) mass is 1030 g/mol. The summed E-state index contributed by atoms with van der Waals surface area (Å²) in [7, 11) is 0. The molecule has 0 unspecified atom stereocenters. The zero-order valence-electron chi connectivity index (χ0n) is 48.0. The van der Waals surface area contributed by atoms with E-state index in [4.69, 9.17) is 14.2 Å². The molecule has 0 radical (unpaired) electrons. The van der Waals surface area contributed by atoms with E-state index in [1.165, 1.54) is 89.9 Å². The van der Waals surface area contributed by atoms with E-state index in [1.54, 1.807) is 0 Å². The smallest absolute Gasteiger partial charge is 0.306 e. The maximum absolute atomic E-state index is 12.8. The minimum Gasteiger partial charge on any atom is -0.462 e. The Kier molecular flexibility index (Phi) is 57.5. The molecular formula is C69H108O6. The van der Waals surface area contributed by atoms with Gasteiger partial charge in [0.15, 0.2) is 6.10 Å². The number of esters is 3. The topological polar surface area (TPSA) is 78.9 Å². The van der Waals surface area contributed by atoms with Gasteiger partial charge in [-0.2, -0.15) is 0 Å². The molecule has 0 aromatic rings. The van der Waals surface area contributed by atoms with Crippen molar-refractivity contribution in [3.05, 3.63) is 158 Å². The molecule has 0 bridgehead atoms. The molecule has 0 rings (SSSR count). The molecule has 420 valence electrons. The van der Waals surface area contributed by atoms with E-state index in [1.807, 2.05) is 24.3 Å². The highest BCUT2D eigenvalue weighted by molar-refractivity contribution is 5.71. The maximum atomic E-state index is 12.8. The van der Waals surface area contributed by atoms with E-state index in [2.05, 4.69) is 154 Å². The van der Waals surface area contributed by atoms with Gasteiger partial charge in [0.1, 0.15) is 13.2 Å². The number of hydrogen-bond donors (Lipinski definition) is 0. The molecule has 0 aromatic heterocycles. The third kappa shape index (κ3) is 59.8. The van der Waals surface area contributed by atoms with Gasteiger partial charge in [-0.3, -0.25) is 14.4 Å². The Balaban J connectivity index is 4.63. The van der Waals surface area contributed by atoms with E-state index >= 15 is 0 Å². The first-order valence-electron chi connectivity index (χ1n) is 30.0. The number of unbranched alkanes of at least 4 members (excludes halogenated alkanes) is 15. The fourth-order valence-electron chi connectivity index (χ4n) is 7.61. The van der Waals surface area contributed by atoms with Gasteiger partial charge in [-0.1, -0.05) is 256 Å². The molecule has 0 aliphatic heterocycles. The quantitative estimate of drug-likeness (QED) is 0.0261. The number of ether oxygens (including phenoxy) is 3. The van der Waals surface area contributed by atoms with Crippen LogP contribution in [-0.2, 0) is 28.6 Å². The van der Waals surface area contributed by atoms with E-state index < -0.39 is 12.1 Å². The molecule has 0 spiro atoms. The van der Waals surface area contributed by atoms with Crippen molar-refractivity contribution >= 4 is 17.9 Å². The van der Waals surface area contributed by atoms with E-state index in [9.17, 15) is 14.4 Å². The minimum absolute atomic E-state index is 0.139. The normalized spacial score (nSPS) is 13.3. The fourth-order valence-corrected chi connectivity index (χ4v) is 7.61. The van der Waals surface area contributed by atoms with Gasteiger partial charge in [0.25, 0.3) is 0 Å². The average Bonchev–Trinajstić information content (AvgIpc) is 3.41. The van der Waals surface area contributed by atoms with Crippen molar-refractivity contribution in [3.63, 3.8) is 0 Å². The molecular weight excluding hydrogens is 925 g/mol. The largest absolute Gasteiger partial charge is 0.462 e. The van der Waals surface area contributed by atoms with Crippen LogP contribution >= 0.6 is 0 Å². The van der Waals surface area contributed by atoms with Gasteiger partial charge >= 0.3 is 17.9 Å². The Hall–Kier alpha value is -4.97. The molecule has 1 atom stereocenters. The van der Waals surface area contributed by atoms with E-state index in [0.29, 0.717) is 19.3 Å². The summed E-state index contributed by atoms with van der Waals surface area (Å²) in [5.74, 6) is -1.12. The zero-order valence-corrected chi connectivity index (χ0v) is 48.0. The summed E-state index contributed by atoms with van der Waals surface area (Å²) in [5.41, 5.74) is 0. The predicted octanol–water partition coefficient (Wildman–Crippen LogP) is 20.5. The SMILES string of the molecule is CC/C=C\C/C=C\C/C=C\C/C=C\C/C=C\C/C=C\CCC(=O)OC[C@@H](COC(=O)CCCCCCCCCCC/C=C\CCCCCCCC)OC(=O)CC/C=C\C/C=C\C/C=C\C/C=C\C/C=C\C/C=C\CC. The highest BCUT2D eigenvalue weighted by atomic mass is 16.6. The van der Waals surface area contributed by atoms with Crippen LogP contribution in [0.4, 0.5) is 0 Å². The first kappa shape index (κ1) is 70.0. The zero-order chi connectivity index (χ0) is 54.3.